The van der Waals surface area contributed by atoms with E-state index in [1.165, 1.54) is 18.2 Å². The summed E-state index contributed by atoms with van der Waals surface area (Å²) in [5.74, 6) is -1.69. The molecule has 0 heterocycles. The number of aldehydes is 1. The van der Waals surface area contributed by atoms with E-state index in [0.717, 1.165) is 12.1 Å². The molecule has 0 fully saturated rings. The molecule has 2 aromatic carbocycles. The van der Waals surface area contributed by atoms with Crippen molar-refractivity contribution in [3.8, 4) is 17.6 Å². The summed E-state index contributed by atoms with van der Waals surface area (Å²) in [6.45, 7) is 0. The molecule has 0 radical (unpaired) electrons. The largest absolute Gasteiger partial charge is 0.453 e. The van der Waals surface area contributed by atoms with Crippen molar-refractivity contribution < 1.29 is 18.3 Å². The number of nitriles is 1. The summed E-state index contributed by atoms with van der Waals surface area (Å²) in [5, 5.41) is 8.93. The van der Waals surface area contributed by atoms with Gasteiger partial charge in [-0.3, -0.25) is 4.79 Å². The van der Waals surface area contributed by atoms with Gasteiger partial charge in [0.15, 0.2) is 11.6 Å². The van der Waals surface area contributed by atoms with Gasteiger partial charge in [0.05, 0.1) is 5.56 Å². The molecular weight excluding hydrogens is 252 g/mol. The van der Waals surface area contributed by atoms with Crippen molar-refractivity contribution in [2.75, 3.05) is 0 Å². The summed E-state index contributed by atoms with van der Waals surface area (Å²) in [5.41, 5.74) is 0.400. The van der Waals surface area contributed by atoms with Crippen molar-refractivity contribution >= 4 is 6.29 Å². The summed E-state index contributed by atoms with van der Waals surface area (Å²) < 4.78 is 31.4. The van der Waals surface area contributed by atoms with Crippen molar-refractivity contribution in [2.24, 2.45) is 0 Å². The molecule has 0 saturated carbocycles. The molecule has 3 nitrogen and oxygen atoms in total. The average Bonchev–Trinajstić information content (AvgIpc) is 2.42. The normalized spacial score (nSPS) is 9.74. The predicted octanol–water partition coefficient (Wildman–Crippen LogP) is 3.44. The molecule has 0 saturated heterocycles. The standard InChI is InChI=1S/C14H7F2NO2/c15-11-2-4-14(12(16)6-11)19-13-3-1-9(8-18)5-10(13)7-17/h1-6,8H. The quantitative estimate of drug-likeness (QED) is 0.793. The maximum atomic E-state index is 13.4. The molecule has 19 heavy (non-hydrogen) atoms. The summed E-state index contributed by atoms with van der Waals surface area (Å²) >= 11 is 0. The summed E-state index contributed by atoms with van der Waals surface area (Å²) in [6.07, 6.45) is 0.586. The van der Waals surface area contributed by atoms with Crippen LogP contribution in [-0.4, -0.2) is 6.29 Å². The summed E-state index contributed by atoms with van der Waals surface area (Å²) in [6, 6.07) is 8.83. The highest BCUT2D eigenvalue weighted by atomic mass is 19.1. The minimum atomic E-state index is -0.872. The molecule has 0 N–H and O–H groups in total. The van der Waals surface area contributed by atoms with Gasteiger partial charge < -0.3 is 4.74 Å². The van der Waals surface area contributed by atoms with Crippen LogP contribution in [0.5, 0.6) is 11.5 Å². The SMILES string of the molecule is N#Cc1cc(C=O)ccc1Oc1ccc(F)cc1F. The Labute approximate surface area is 107 Å². The van der Waals surface area contributed by atoms with E-state index in [2.05, 4.69) is 0 Å². The lowest BCUT2D eigenvalue weighted by molar-refractivity contribution is 0.112. The minimum Gasteiger partial charge on any atom is -0.453 e. The maximum absolute atomic E-state index is 13.4. The lowest BCUT2D eigenvalue weighted by Gasteiger charge is -2.08. The number of hydrogen-bond acceptors (Lipinski definition) is 3. The number of benzene rings is 2. The van der Waals surface area contributed by atoms with Crippen LogP contribution in [0.2, 0.25) is 0 Å². The van der Waals surface area contributed by atoms with Gasteiger partial charge in [0, 0.05) is 11.6 Å². The van der Waals surface area contributed by atoms with E-state index < -0.39 is 11.6 Å². The fourth-order valence-electron chi connectivity index (χ4n) is 1.47. The fourth-order valence-corrected chi connectivity index (χ4v) is 1.47. The van der Waals surface area contributed by atoms with E-state index in [4.69, 9.17) is 10.00 Å². The van der Waals surface area contributed by atoms with Gasteiger partial charge in [-0.15, -0.1) is 0 Å². The van der Waals surface area contributed by atoms with Crippen LogP contribution in [-0.2, 0) is 0 Å². The smallest absolute Gasteiger partial charge is 0.168 e. The van der Waals surface area contributed by atoms with Crippen molar-refractivity contribution in [3.05, 3.63) is 59.2 Å². The van der Waals surface area contributed by atoms with E-state index in [0.29, 0.717) is 17.9 Å². The first-order valence-electron chi connectivity index (χ1n) is 5.26. The highest BCUT2D eigenvalue weighted by Gasteiger charge is 2.10. The Morgan fingerprint density at radius 2 is 1.84 bits per heavy atom. The van der Waals surface area contributed by atoms with Gasteiger partial charge in [-0.2, -0.15) is 5.26 Å². The number of nitrogens with zero attached hydrogens (tertiary/aromatic N) is 1. The summed E-state index contributed by atoms with van der Waals surface area (Å²) in [4.78, 5) is 10.6. The van der Waals surface area contributed by atoms with Crippen LogP contribution >= 0.6 is 0 Å². The first-order valence-corrected chi connectivity index (χ1v) is 5.26. The van der Waals surface area contributed by atoms with E-state index in [1.54, 1.807) is 0 Å². The average molecular weight is 259 g/mol. The number of carbonyl (C=O) groups excluding carboxylic acids is 1. The van der Waals surface area contributed by atoms with Gasteiger partial charge in [-0.25, -0.2) is 8.78 Å². The Kier molecular flexibility index (Phi) is 3.53. The topological polar surface area (TPSA) is 50.1 Å². The van der Waals surface area contributed by atoms with Gasteiger partial charge >= 0.3 is 0 Å². The second-order valence-electron chi connectivity index (χ2n) is 3.66. The molecule has 0 spiro atoms. The third-order valence-electron chi connectivity index (χ3n) is 2.37. The molecule has 0 aromatic heterocycles. The van der Waals surface area contributed by atoms with E-state index in [1.807, 2.05) is 6.07 Å². The van der Waals surface area contributed by atoms with Crippen LogP contribution in [0.4, 0.5) is 8.78 Å². The third-order valence-corrected chi connectivity index (χ3v) is 2.37. The van der Waals surface area contributed by atoms with Gasteiger partial charge in [-0.1, -0.05) is 0 Å². The zero-order chi connectivity index (χ0) is 13.8. The van der Waals surface area contributed by atoms with Gasteiger partial charge in [0.2, 0.25) is 0 Å². The number of carbonyl (C=O) groups is 1. The number of rotatable bonds is 3. The van der Waals surface area contributed by atoms with Crippen LogP contribution in [0.3, 0.4) is 0 Å². The zero-order valence-corrected chi connectivity index (χ0v) is 9.56. The third kappa shape index (κ3) is 2.75. The maximum Gasteiger partial charge on any atom is 0.168 e. The van der Waals surface area contributed by atoms with Crippen molar-refractivity contribution in [1.82, 2.24) is 0 Å². The Bertz CT molecular complexity index is 678. The Hall–Kier alpha value is -2.74. The fraction of sp³-hybridized carbons (Fsp3) is 0. The van der Waals surface area contributed by atoms with Crippen molar-refractivity contribution in [3.63, 3.8) is 0 Å². The van der Waals surface area contributed by atoms with Crippen molar-refractivity contribution in [1.29, 1.82) is 5.26 Å². The van der Waals surface area contributed by atoms with Crippen LogP contribution in [0.15, 0.2) is 36.4 Å². The molecule has 94 valence electrons. The minimum absolute atomic E-state index is 0.0910. The molecule has 0 unspecified atom stereocenters. The van der Waals surface area contributed by atoms with E-state index in [-0.39, 0.29) is 17.1 Å². The van der Waals surface area contributed by atoms with E-state index in [9.17, 15) is 13.6 Å². The molecule has 0 aliphatic heterocycles. The molecule has 0 aliphatic carbocycles. The van der Waals surface area contributed by atoms with Crippen LogP contribution in [0, 0.1) is 23.0 Å². The Balaban J connectivity index is 2.38. The Morgan fingerprint density at radius 1 is 1.11 bits per heavy atom. The second-order valence-corrected chi connectivity index (χ2v) is 3.66. The molecule has 2 rings (SSSR count). The predicted molar refractivity (Wildman–Crippen MR) is 63.0 cm³/mol. The summed E-state index contributed by atoms with van der Waals surface area (Å²) in [7, 11) is 0. The molecular formula is C14H7F2NO2. The number of ether oxygens (including phenoxy) is 1. The van der Waals surface area contributed by atoms with Crippen LogP contribution in [0.1, 0.15) is 15.9 Å². The monoisotopic (exact) mass is 259 g/mol. The molecule has 0 aliphatic rings. The molecule has 0 amide bonds. The molecule has 5 heteroatoms. The van der Waals surface area contributed by atoms with E-state index >= 15 is 0 Å². The van der Waals surface area contributed by atoms with Gasteiger partial charge in [0.25, 0.3) is 0 Å². The highest BCUT2D eigenvalue weighted by molar-refractivity contribution is 5.76. The van der Waals surface area contributed by atoms with Gasteiger partial charge in [0.1, 0.15) is 23.9 Å². The highest BCUT2D eigenvalue weighted by Crippen LogP contribution is 2.28. The van der Waals surface area contributed by atoms with Gasteiger partial charge in [-0.05, 0) is 30.3 Å². The first-order chi connectivity index (χ1) is 9.13. The van der Waals surface area contributed by atoms with Crippen LogP contribution < -0.4 is 4.74 Å². The lowest BCUT2D eigenvalue weighted by Crippen LogP contribution is -1.93. The van der Waals surface area contributed by atoms with Crippen molar-refractivity contribution in [2.45, 2.75) is 0 Å². The zero-order valence-electron chi connectivity index (χ0n) is 9.56. The Morgan fingerprint density at radius 3 is 2.47 bits per heavy atom. The second kappa shape index (κ2) is 5.27. The lowest BCUT2D eigenvalue weighted by atomic mass is 10.1. The number of hydrogen-bond donors (Lipinski definition) is 0. The number of halogens is 2. The molecule has 2 aromatic rings. The van der Waals surface area contributed by atoms with Crippen LogP contribution in [0.25, 0.3) is 0 Å². The molecule has 0 bridgehead atoms. The molecule has 0 atom stereocenters. The first kappa shape index (κ1) is 12.7.